The van der Waals surface area contributed by atoms with Gasteiger partial charge in [0.15, 0.2) is 0 Å². The molecular weight excluding hydrogens is 232 g/mol. The van der Waals surface area contributed by atoms with Crippen LogP contribution in [0.5, 0.6) is 0 Å². The Kier molecular flexibility index (Phi) is 4.34. The largest absolute Gasteiger partial charge is 0.335 e. The van der Waals surface area contributed by atoms with Crippen LogP contribution in [0.15, 0.2) is 23.6 Å². The van der Waals surface area contributed by atoms with Crippen LogP contribution in [0.2, 0.25) is 0 Å². The maximum absolute atomic E-state index is 12.1. The molecule has 0 radical (unpaired) electrons. The molecule has 92 valence electrons. The summed E-state index contributed by atoms with van der Waals surface area (Å²) < 4.78 is 0. The van der Waals surface area contributed by atoms with Gasteiger partial charge in [-0.2, -0.15) is 0 Å². The third-order valence-electron chi connectivity index (χ3n) is 3.03. The third-order valence-corrected chi connectivity index (χ3v) is 3.87. The zero-order valence-electron chi connectivity index (χ0n) is 10.1. The first kappa shape index (κ1) is 12.3. The molecule has 1 aromatic heterocycles. The molecule has 0 saturated carbocycles. The number of likely N-dealkylation sites (N-methyl/N-ethyl adjacent to an activating group) is 1. The molecule has 4 heteroatoms. The summed E-state index contributed by atoms with van der Waals surface area (Å²) in [4.78, 5) is 15.1. The Bertz CT molecular complexity index is 380. The van der Waals surface area contributed by atoms with Gasteiger partial charge in [-0.3, -0.25) is 4.79 Å². The predicted octanol–water partition coefficient (Wildman–Crippen LogP) is 1.97. The van der Waals surface area contributed by atoms with Crippen LogP contribution in [0.25, 0.3) is 6.08 Å². The average Bonchev–Trinajstić information content (AvgIpc) is 3.00. The van der Waals surface area contributed by atoms with E-state index in [9.17, 15) is 4.79 Å². The van der Waals surface area contributed by atoms with Gasteiger partial charge in [-0.15, -0.1) is 11.3 Å². The standard InChI is InChI=1S/C13H18N2OS/c1-2-15(11-7-8-14-10-11)13(16)6-5-12-4-3-9-17-12/h3-6,9,11,14H,2,7-8,10H2,1H3. The Morgan fingerprint density at radius 3 is 3.18 bits per heavy atom. The van der Waals surface area contributed by atoms with Gasteiger partial charge in [0.2, 0.25) is 5.91 Å². The minimum Gasteiger partial charge on any atom is -0.335 e. The Hall–Kier alpha value is -1.13. The molecule has 17 heavy (non-hydrogen) atoms. The highest BCUT2D eigenvalue weighted by Gasteiger charge is 2.23. The predicted molar refractivity (Wildman–Crippen MR) is 72.0 cm³/mol. The molecule has 2 rings (SSSR count). The maximum atomic E-state index is 12.1. The van der Waals surface area contributed by atoms with Crippen molar-refractivity contribution in [3.63, 3.8) is 0 Å². The van der Waals surface area contributed by atoms with E-state index >= 15 is 0 Å². The summed E-state index contributed by atoms with van der Waals surface area (Å²) in [5, 5.41) is 5.31. The molecule has 0 aromatic carbocycles. The van der Waals surface area contributed by atoms with Gasteiger partial charge >= 0.3 is 0 Å². The van der Waals surface area contributed by atoms with Crippen LogP contribution in [-0.4, -0.2) is 36.5 Å². The van der Waals surface area contributed by atoms with Gasteiger partial charge in [0, 0.05) is 30.1 Å². The van der Waals surface area contributed by atoms with E-state index in [4.69, 9.17) is 0 Å². The van der Waals surface area contributed by atoms with Crippen LogP contribution >= 0.6 is 11.3 Å². The van der Waals surface area contributed by atoms with Crippen LogP contribution in [0.1, 0.15) is 18.2 Å². The zero-order chi connectivity index (χ0) is 12.1. The van der Waals surface area contributed by atoms with Crippen LogP contribution < -0.4 is 5.32 Å². The van der Waals surface area contributed by atoms with E-state index in [1.807, 2.05) is 35.4 Å². The first-order chi connectivity index (χ1) is 8.31. The van der Waals surface area contributed by atoms with Gasteiger partial charge in [0.25, 0.3) is 0 Å². The highest BCUT2D eigenvalue weighted by molar-refractivity contribution is 7.10. The monoisotopic (exact) mass is 250 g/mol. The smallest absolute Gasteiger partial charge is 0.246 e. The highest BCUT2D eigenvalue weighted by Crippen LogP contribution is 2.12. The summed E-state index contributed by atoms with van der Waals surface area (Å²) in [5.41, 5.74) is 0. The quantitative estimate of drug-likeness (QED) is 0.829. The minimum atomic E-state index is 0.120. The van der Waals surface area contributed by atoms with E-state index in [-0.39, 0.29) is 5.91 Å². The number of carbonyl (C=O) groups excluding carboxylic acids is 1. The number of carbonyl (C=O) groups is 1. The van der Waals surface area contributed by atoms with Crippen molar-refractivity contribution < 1.29 is 4.79 Å². The number of rotatable bonds is 4. The normalized spacial score (nSPS) is 19.9. The van der Waals surface area contributed by atoms with Crippen molar-refractivity contribution in [1.29, 1.82) is 0 Å². The molecule has 1 saturated heterocycles. The molecule has 1 aromatic rings. The summed E-state index contributed by atoms with van der Waals surface area (Å²) in [6.07, 6.45) is 4.65. The topological polar surface area (TPSA) is 32.3 Å². The molecule has 1 unspecified atom stereocenters. The van der Waals surface area contributed by atoms with Crippen molar-refractivity contribution in [3.8, 4) is 0 Å². The Morgan fingerprint density at radius 1 is 1.71 bits per heavy atom. The van der Waals surface area contributed by atoms with Crippen LogP contribution in [0, 0.1) is 0 Å². The van der Waals surface area contributed by atoms with Crippen molar-refractivity contribution in [2.24, 2.45) is 0 Å². The number of nitrogens with one attached hydrogen (secondary N) is 1. The van der Waals surface area contributed by atoms with E-state index in [1.165, 1.54) is 0 Å². The molecule has 2 heterocycles. The molecule has 0 bridgehead atoms. The van der Waals surface area contributed by atoms with Crippen molar-refractivity contribution in [3.05, 3.63) is 28.5 Å². The van der Waals surface area contributed by atoms with Crippen LogP contribution in [0.3, 0.4) is 0 Å². The van der Waals surface area contributed by atoms with Gasteiger partial charge in [0.1, 0.15) is 0 Å². The molecule has 1 atom stereocenters. The number of nitrogens with zero attached hydrogens (tertiary/aromatic N) is 1. The number of hydrogen-bond donors (Lipinski definition) is 1. The average molecular weight is 250 g/mol. The van der Waals surface area contributed by atoms with Crippen molar-refractivity contribution >= 4 is 23.3 Å². The fourth-order valence-corrected chi connectivity index (χ4v) is 2.75. The van der Waals surface area contributed by atoms with Gasteiger partial charge in [0.05, 0.1) is 0 Å². The first-order valence-electron chi connectivity index (χ1n) is 6.04. The molecule has 1 aliphatic heterocycles. The summed E-state index contributed by atoms with van der Waals surface area (Å²) in [5.74, 6) is 0.120. The van der Waals surface area contributed by atoms with Gasteiger partial charge in [-0.05, 0) is 37.4 Å². The molecule has 3 nitrogen and oxygen atoms in total. The number of hydrogen-bond acceptors (Lipinski definition) is 3. The van der Waals surface area contributed by atoms with E-state index in [0.717, 1.165) is 30.9 Å². The van der Waals surface area contributed by atoms with Crippen molar-refractivity contribution in [1.82, 2.24) is 10.2 Å². The second-order valence-corrected chi connectivity index (χ2v) is 5.10. The second kappa shape index (κ2) is 5.98. The summed E-state index contributed by atoms with van der Waals surface area (Å²) in [6, 6.07) is 4.37. The lowest BCUT2D eigenvalue weighted by Crippen LogP contribution is -2.40. The van der Waals surface area contributed by atoms with E-state index in [0.29, 0.717) is 6.04 Å². The van der Waals surface area contributed by atoms with Gasteiger partial charge in [-0.1, -0.05) is 6.07 Å². The Balaban J connectivity index is 1.97. The molecule has 0 spiro atoms. The Labute approximate surface area is 106 Å². The summed E-state index contributed by atoms with van der Waals surface area (Å²) in [6.45, 7) is 4.75. The second-order valence-electron chi connectivity index (χ2n) is 4.12. The van der Waals surface area contributed by atoms with Crippen LogP contribution in [0.4, 0.5) is 0 Å². The van der Waals surface area contributed by atoms with Gasteiger partial charge in [-0.25, -0.2) is 0 Å². The lowest BCUT2D eigenvalue weighted by molar-refractivity contribution is -0.127. The number of amides is 1. The highest BCUT2D eigenvalue weighted by atomic mass is 32.1. The zero-order valence-corrected chi connectivity index (χ0v) is 10.9. The SMILES string of the molecule is CCN(C(=O)C=Cc1cccs1)C1CCNC1. The van der Waals surface area contributed by atoms with Crippen molar-refractivity contribution in [2.45, 2.75) is 19.4 Å². The van der Waals surface area contributed by atoms with Crippen molar-refractivity contribution in [2.75, 3.05) is 19.6 Å². The molecule has 1 aliphatic rings. The fraction of sp³-hybridized carbons (Fsp3) is 0.462. The molecular formula is C13H18N2OS. The lowest BCUT2D eigenvalue weighted by atomic mass is 10.2. The Morgan fingerprint density at radius 2 is 2.59 bits per heavy atom. The summed E-state index contributed by atoms with van der Waals surface area (Å²) in [7, 11) is 0. The van der Waals surface area contributed by atoms with Crippen LogP contribution in [-0.2, 0) is 4.79 Å². The summed E-state index contributed by atoms with van der Waals surface area (Å²) >= 11 is 1.65. The first-order valence-corrected chi connectivity index (χ1v) is 6.92. The third kappa shape index (κ3) is 3.17. The number of thiophene rings is 1. The van der Waals surface area contributed by atoms with Gasteiger partial charge < -0.3 is 10.2 Å². The lowest BCUT2D eigenvalue weighted by Gasteiger charge is -2.25. The van der Waals surface area contributed by atoms with E-state index in [2.05, 4.69) is 5.32 Å². The fourth-order valence-electron chi connectivity index (χ4n) is 2.13. The van der Waals surface area contributed by atoms with E-state index in [1.54, 1.807) is 17.4 Å². The maximum Gasteiger partial charge on any atom is 0.246 e. The molecule has 1 fully saturated rings. The molecule has 0 aliphatic carbocycles. The minimum absolute atomic E-state index is 0.120. The van der Waals surface area contributed by atoms with E-state index < -0.39 is 0 Å². The molecule has 1 N–H and O–H groups in total. The molecule has 1 amide bonds.